The van der Waals surface area contributed by atoms with Gasteiger partial charge < -0.3 is 10.4 Å². The lowest BCUT2D eigenvalue weighted by Gasteiger charge is -2.16. The van der Waals surface area contributed by atoms with Gasteiger partial charge in [0.2, 0.25) is 0 Å². The summed E-state index contributed by atoms with van der Waals surface area (Å²) in [7, 11) is 0. The van der Waals surface area contributed by atoms with Crippen LogP contribution in [-0.4, -0.2) is 16.6 Å². The SMILES string of the molecule is CCc1ccc(C(C)NCC(O)c2ccncc2)s1. The van der Waals surface area contributed by atoms with Crippen LogP contribution in [0.1, 0.15) is 41.3 Å². The maximum Gasteiger partial charge on any atom is 0.0915 e. The van der Waals surface area contributed by atoms with Crippen LogP contribution in [-0.2, 0) is 6.42 Å². The Morgan fingerprint density at radius 3 is 2.63 bits per heavy atom. The molecule has 0 spiro atoms. The first kappa shape index (κ1) is 14.2. The van der Waals surface area contributed by atoms with E-state index in [2.05, 4.69) is 36.3 Å². The average Bonchev–Trinajstić information content (AvgIpc) is 2.94. The number of hydrogen-bond acceptors (Lipinski definition) is 4. The Morgan fingerprint density at radius 1 is 1.26 bits per heavy atom. The second kappa shape index (κ2) is 6.80. The van der Waals surface area contributed by atoms with Gasteiger partial charge in [-0.25, -0.2) is 0 Å². The van der Waals surface area contributed by atoms with Crippen molar-refractivity contribution in [3.8, 4) is 0 Å². The first-order chi connectivity index (χ1) is 9.20. The highest BCUT2D eigenvalue weighted by Crippen LogP contribution is 2.23. The second-order valence-corrected chi connectivity index (χ2v) is 5.78. The van der Waals surface area contributed by atoms with Crippen molar-refractivity contribution in [2.75, 3.05) is 6.54 Å². The number of aliphatic hydroxyl groups excluding tert-OH is 1. The van der Waals surface area contributed by atoms with Crippen LogP contribution in [0.25, 0.3) is 0 Å². The Kier molecular flexibility index (Phi) is 5.07. The van der Waals surface area contributed by atoms with Crippen LogP contribution in [0.3, 0.4) is 0 Å². The highest BCUT2D eigenvalue weighted by Gasteiger charge is 2.11. The van der Waals surface area contributed by atoms with Crippen LogP contribution in [0.2, 0.25) is 0 Å². The fourth-order valence-electron chi connectivity index (χ4n) is 1.91. The lowest BCUT2D eigenvalue weighted by molar-refractivity contribution is 0.171. The van der Waals surface area contributed by atoms with E-state index in [0.717, 1.165) is 12.0 Å². The van der Waals surface area contributed by atoms with E-state index >= 15 is 0 Å². The largest absolute Gasteiger partial charge is 0.387 e. The monoisotopic (exact) mass is 276 g/mol. The second-order valence-electron chi connectivity index (χ2n) is 4.58. The van der Waals surface area contributed by atoms with Gasteiger partial charge in [0.25, 0.3) is 0 Å². The smallest absolute Gasteiger partial charge is 0.0915 e. The van der Waals surface area contributed by atoms with E-state index in [1.807, 2.05) is 23.5 Å². The van der Waals surface area contributed by atoms with Gasteiger partial charge in [0, 0.05) is 34.7 Å². The number of aliphatic hydroxyl groups is 1. The molecular weight excluding hydrogens is 256 g/mol. The zero-order chi connectivity index (χ0) is 13.7. The first-order valence-corrected chi connectivity index (χ1v) is 7.42. The van der Waals surface area contributed by atoms with Gasteiger partial charge in [-0.15, -0.1) is 11.3 Å². The summed E-state index contributed by atoms with van der Waals surface area (Å²) in [5.41, 5.74) is 0.898. The fraction of sp³-hybridized carbons (Fsp3) is 0.400. The zero-order valence-electron chi connectivity index (χ0n) is 11.3. The summed E-state index contributed by atoms with van der Waals surface area (Å²) in [5.74, 6) is 0. The van der Waals surface area contributed by atoms with Crippen LogP contribution in [0.4, 0.5) is 0 Å². The van der Waals surface area contributed by atoms with E-state index in [4.69, 9.17) is 0 Å². The molecule has 2 unspecified atom stereocenters. The van der Waals surface area contributed by atoms with Gasteiger partial charge in [0.15, 0.2) is 0 Å². The summed E-state index contributed by atoms with van der Waals surface area (Å²) in [4.78, 5) is 6.67. The molecule has 0 bridgehead atoms. The van der Waals surface area contributed by atoms with Crippen molar-refractivity contribution in [2.24, 2.45) is 0 Å². The maximum atomic E-state index is 10.1. The van der Waals surface area contributed by atoms with E-state index in [9.17, 15) is 5.11 Å². The van der Waals surface area contributed by atoms with E-state index in [0.29, 0.717) is 6.54 Å². The van der Waals surface area contributed by atoms with E-state index in [1.165, 1.54) is 9.75 Å². The minimum atomic E-state index is -0.490. The Hall–Kier alpha value is -1.23. The van der Waals surface area contributed by atoms with Crippen LogP contribution in [0.5, 0.6) is 0 Å². The molecule has 0 radical (unpaired) electrons. The molecule has 2 rings (SSSR count). The molecule has 0 saturated carbocycles. The summed E-state index contributed by atoms with van der Waals surface area (Å²) in [6.45, 7) is 4.84. The predicted molar refractivity (Wildman–Crippen MR) is 79.3 cm³/mol. The molecule has 102 valence electrons. The molecule has 2 atom stereocenters. The fourth-order valence-corrected chi connectivity index (χ4v) is 2.89. The Labute approximate surface area is 118 Å². The highest BCUT2D eigenvalue weighted by molar-refractivity contribution is 7.12. The molecule has 0 aliphatic rings. The van der Waals surface area contributed by atoms with Gasteiger partial charge in [-0.2, -0.15) is 0 Å². The van der Waals surface area contributed by atoms with Gasteiger partial charge in [-0.05, 0) is 43.2 Å². The van der Waals surface area contributed by atoms with Crippen molar-refractivity contribution in [2.45, 2.75) is 32.4 Å². The normalized spacial score (nSPS) is 14.3. The Balaban J connectivity index is 1.88. The number of nitrogens with zero attached hydrogens (tertiary/aromatic N) is 1. The number of pyridine rings is 1. The molecule has 0 saturated heterocycles. The number of aryl methyl sites for hydroxylation is 1. The molecule has 0 amide bonds. The third-order valence-electron chi connectivity index (χ3n) is 3.17. The molecular formula is C15H20N2OS. The lowest BCUT2D eigenvalue weighted by Crippen LogP contribution is -2.24. The van der Waals surface area contributed by atoms with E-state index in [-0.39, 0.29) is 6.04 Å². The molecule has 2 N–H and O–H groups in total. The molecule has 19 heavy (non-hydrogen) atoms. The average molecular weight is 276 g/mol. The van der Waals surface area contributed by atoms with Crippen molar-refractivity contribution in [3.05, 3.63) is 52.0 Å². The molecule has 3 nitrogen and oxygen atoms in total. The van der Waals surface area contributed by atoms with Gasteiger partial charge in [0.1, 0.15) is 0 Å². The summed E-state index contributed by atoms with van der Waals surface area (Å²) in [6, 6.07) is 8.30. The maximum absolute atomic E-state index is 10.1. The summed E-state index contributed by atoms with van der Waals surface area (Å²) in [6.07, 6.45) is 4.00. The molecule has 2 heterocycles. The van der Waals surface area contributed by atoms with Crippen LogP contribution in [0, 0.1) is 0 Å². The van der Waals surface area contributed by atoms with Crippen molar-refractivity contribution in [1.82, 2.24) is 10.3 Å². The van der Waals surface area contributed by atoms with Crippen molar-refractivity contribution < 1.29 is 5.11 Å². The molecule has 4 heteroatoms. The molecule has 2 aromatic heterocycles. The standard InChI is InChI=1S/C15H20N2OS/c1-3-13-4-5-15(19-13)11(2)17-10-14(18)12-6-8-16-9-7-12/h4-9,11,14,17-18H,3,10H2,1-2H3. The molecule has 0 aliphatic heterocycles. The number of hydrogen-bond donors (Lipinski definition) is 2. The Bertz CT molecular complexity index is 498. The summed E-state index contributed by atoms with van der Waals surface area (Å²) >= 11 is 1.83. The van der Waals surface area contributed by atoms with Crippen molar-refractivity contribution in [1.29, 1.82) is 0 Å². The predicted octanol–water partition coefficient (Wildman–Crippen LogP) is 3.09. The third kappa shape index (κ3) is 3.86. The van der Waals surface area contributed by atoms with E-state index in [1.54, 1.807) is 12.4 Å². The van der Waals surface area contributed by atoms with Gasteiger partial charge in [-0.1, -0.05) is 6.92 Å². The quantitative estimate of drug-likeness (QED) is 0.852. The van der Waals surface area contributed by atoms with Gasteiger partial charge >= 0.3 is 0 Å². The van der Waals surface area contributed by atoms with Crippen molar-refractivity contribution >= 4 is 11.3 Å². The summed E-state index contributed by atoms with van der Waals surface area (Å²) in [5, 5.41) is 13.5. The minimum absolute atomic E-state index is 0.266. The third-order valence-corrected chi connectivity index (χ3v) is 4.58. The van der Waals surface area contributed by atoms with Crippen LogP contribution < -0.4 is 5.32 Å². The molecule has 0 fully saturated rings. The van der Waals surface area contributed by atoms with E-state index < -0.39 is 6.10 Å². The lowest BCUT2D eigenvalue weighted by atomic mass is 10.1. The highest BCUT2D eigenvalue weighted by atomic mass is 32.1. The van der Waals surface area contributed by atoms with Crippen LogP contribution in [0.15, 0.2) is 36.7 Å². The zero-order valence-corrected chi connectivity index (χ0v) is 12.2. The van der Waals surface area contributed by atoms with Crippen LogP contribution >= 0.6 is 11.3 Å². The molecule has 0 aliphatic carbocycles. The number of nitrogens with one attached hydrogen (secondary N) is 1. The topological polar surface area (TPSA) is 45.1 Å². The van der Waals surface area contributed by atoms with Gasteiger partial charge in [0.05, 0.1) is 6.10 Å². The minimum Gasteiger partial charge on any atom is -0.387 e. The summed E-state index contributed by atoms with van der Waals surface area (Å²) < 4.78 is 0. The van der Waals surface area contributed by atoms with Crippen molar-refractivity contribution in [3.63, 3.8) is 0 Å². The number of thiophene rings is 1. The van der Waals surface area contributed by atoms with Gasteiger partial charge in [-0.3, -0.25) is 4.98 Å². The number of aromatic nitrogens is 1. The molecule has 0 aromatic carbocycles. The number of rotatable bonds is 6. The first-order valence-electron chi connectivity index (χ1n) is 6.60. The molecule has 2 aromatic rings. The Morgan fingerprint density at radius 2 is 2.00 bits per heavy atom.